The number of aliphatic imine (C=N–C) groups is 1. The zero-order valence-electron chi connectivity index (χ0n) is 45.8. The first-order valence-electron chi connectivity index (χ1n) is 26.9. The molecule has 3 aliphatic rings. The molecule has 5 heterocycles. The summed E-state index contributed by atoms with van der Waals surface area (Å²) in [5, 5.41) is 44.6. The Morgan fingerprint density at radius 1 is 0.975 bits per heavy atom. The van der Waals surface area contributed by atoms with Crippen molar-refractivity contribution in [1.82, 2.24) is 55.0 Å². The highest BCUT2D eigenvalue weighted by molar-refractivity contribution is 6.30. The van der Waals surface area contributed by atoms with Crippen molar-refractivity contribution in [2.24, 2.45) is 16.6 Å². The number of likely N-dealkylation sites (tertiary alicyclic amines) is 2. The number of piperidine rings is 2. The molecular weight excluding hydrogens is 1030 g/mol. The molecule has 3 aliphatic heterocycles. The van der Waals surface area contributed by atoms with E-state index >= 15 is 0 Å². The lowest BCUT2D eigenvalue weighted by Gasteiger charge is -2.39. The molecule has 22 heteroatoms. The van der Waals surface area contributed by atoms with Gasteiger partial charge in [0.1, 0.15) is 34.8 Å². The number of ether oxygens (including phenoxy) is 1. The van der Waals surface area contributed by atoms with Crippen LogP contribution in [-0.4, -0.2) is 163 Å². The first kappa shape index (κ1) is 57.7. The largest absolute Gasteiger partial charge is 0.508 e. The number of phenols is 2. The van der Waals surface area contributed by atoms with Crippen LogP contribution in [0.5, 0.6) is 11.5 Å². The third-order valence-electron chi connectivity index (χ3n) is 14.8. The molecule has 0 saturated carbocycles. The van der Waals surface area contributed by atoms with Crippen molar-refractivity contribution in [2.75, 3.05) is 72.6 Å². The molecule has 0 radical (unpaired) electrons. The van der Waals surface area contributed by atoms with Gasteiger partial charge in [-0.15, -0.1) is 10.2 Å². The summed E-state index contributed by atoms with van der Waals surface area (Å²) in [6.45, 7) is 16.0. The number of benzene rings is 3. The average molecular weight is 1100 g/mol. The van der Waals surface area contributed by atoms with E-state index in [0.717, 1.165) is 42.8 Å². The number of aromatic hydroxyl groups is 2. The lowest BCUT2D eigenvalue weighted by atomic mass is 9.93. The van der Waals surface area contributed by atoms with E-state index in [4.69, 9.17) is 32.5 Å². The number of H-pyrrole nitrogens is 1. The van der Waals surface area contributed by atoms with Crippen molar-refractivity contribution < 1.29 is 33.7 Å². The first-order valence-corrected chi connectivity index (χ1v) is 27.3. The average Bonchev–Trinajstić information content (AvgIpc) is 4.16. The summed E-state index contributed by atoms with van der Waals surface area (Å²) in [5.41, 5.74) is 12.1. The molecule has 20 nitrogen and oxygen atoms in total. The van der Waals surface area contributed by atoms with Crippen LogP contribution in [-0.2, 0) is 22.5 Å². The minimum atomic E-state index is -0.413. The molecule has 0 spiro atoms. The van der Waals surface area contributed by atoms with Crippen LogP contribution in [0.1, 0.15) is 104 Å². The molecular formula is C57H72ClFN14O6. The Morgan fingerprint density at radius 3 is 2.35 bits per heavy atom. The number of aromatic amines is 1. The lowest BCUT2D eigenvalue weighted by molar-refractivity contribution is -0.138. The van der Waals surface area contributed by atoms with Gasteiger partial charge in [0.15, 0.2) is 5.82 Å². The van der Waals surface area contributed by atoms with Gasteiger partial charge in [-0.25, -0.2) is 19.2 Å². The molecule has 3 saturated heterocycles. The Balaban J connectivity index is 0.814. The molecule has 0 bridgehead atoms. The number of phenolic OH excluding ortho intramolecular Hbond substituents is 2. The van der Waals surface area contributed by atoms with E-state index < -0.39 is 11.7 Å². The molecule has 2 aromatic heterocycles. The number of nitrogens with two attached hydrogens (primary N) is 1. The third-order valence-corrected chi connectivity index (χ3v) is 15.0. The third kappa shape index (κ3) is 14.4. The number of hydrogen-bond acceptors (Lipinski definition) is 12. The van der Waals surface area contributed by atoms with Crippen LogP contribution in [0.15, 0.2) is 77.4 Å². The van der Waals surface area contributed by atoms with Crippen molar-refractivity contribution in [1.29, 1.82) is 5.41 Å². The summed E-state index contributed by atoms with van der Waals surface area (Å²) in [6.07, 6.45) is 6.10. The topological polar surface area (TPSA) is 260 Å². The van der Waals surface area contributed by atoms with Crippen molar-refractivity contribution in [2.45, 2.75) is 85.2 Å². The Kier molecular flexibility index (Phi) is 19.0. The number of carbonyl (C=O) groups is 3. The van der Waals surface area contributed by atoms with Crippen LogP contribution in [0, 0.1) is 24.1 Å². The number of rotatable bonds is 17. The van der Waals surface area contributed by atoms with Crippen molar-refractivity contribution in [3.05, 3.63) is 123 Å². The number of urea groups is 1. The van der Waals surface area contributed by atoms with Gasteiger partial charge in [0.05, 0.1) is 24.5 Å². The molecule has 3 aromatic carbocycles. The number of carbonyl (C=O) groups excluding carboxylic acids is 3. The van der Waals surface area contributed by atoms with Crippen LogP contribution < -0.4 is 16.4 Å². The van der Waals surface area contributed by atoms with E-state index in [1.54, 1.807) is 47.7 Å². The van der Waals surface area contributed by atoms with Crippen LogP contribution in [0.25, 0.3) is 22.6 Å². The summed E-state index contributed by atoms with van der Waals surface area (Å²) in [7, 11) is 1.74. The van der Waals surface area contributed by atoms with Crippen LogP contribution in [0.2, 0.25) is 5.02 Å². The van der Waals surface area contributed by atoms with Crippen LogP contribution in [0.3, 0.4) is 0 Å². The number of nitrogens with one attached hydrogen (secondary N) is 4. The van der Waals surface area contributed by atoms with Gasteiger partial charge in [-0.3, -0.25) is 29.4 Å². The second-order valence-electron chi connectivity index (χ2n) is 20.8. The molecule has 8 N–H and O–H groups in total. The SMILES string of the molecule is CCNC(=O)c1nnc(-c2cc(C(C)C)c(O)cc2O)n1-c1ccc(CN2CCC(C(=O)N3CCC(N(C)C(=O)N/C(C)=C\C(=N)N=C(N)/C=C(/CN4CCOCC4)c4nc(Cc5ccc(Cl)cc5F)c(C)[nH]4)CC3)CC2)cc1. The number of nitrogens with zero attached hydrogens (tertiary/aromatic N) is 9. The van der Waals surface area contributed by atoms with Crippen molar-refractivity contribution in [3.8, 4) is 28.6 Å². The molecule has 79 heavy (non-hydrogen) atoms. The number of allylic oxidation sites excluding steroid dienone is 1. The lowest BCUT2D eigenvalue weighted by Crippen LogP contribution is -2.51. The number of amides is 4. The fourth-order valence-electron chi connectivity index (χ4n) is 10.3. The molecule has 420 valence electrons. The Morgan fingerprint density at radius 2 is 1.68 bits per heavy atom. The van der Waals surface area contributed by atoms with Gasteiger partial charge in [0, 0.05) is 111 Å². The number of halogens is 2. The normalized spacial score (nSPS) is 16.6. The molecule has 3 fully saturated rings. The number of amidine groups is 2. The van der Waals surface area contributed by atoms with Crippen molar-refractivity contribution >= 4 is 46.7 Å². The van der Waals surface area contributed by atoms with Crippen molar-refractivity contribution in [3.63, 3.8) is 0 Å². The summed E-state index contributed by atoms with van der Waals surface area (Å²) in [5.74, 6) is -0.217. The fraction of sp³-hybridized carbons (Fsp3) is 0.439. The van der Waals surface area contributed by atoms with E-state index in [-0.39, 0.29) is 71.1 Å². The Bertz CT molecular complexity index is 3110. The molecule has 8 rings (SSSR count). The highest BCUT2D eigenvalue weighted by Crippen LogP contribution is 2.38. The Labute approximate surface area is 465 Å². The monoisotopic (exact) mass is 1100 g/mol. The van der Waals surface area contributed by atoms with Gasteiger partial charge >= 0.3 is 6.03 Å². The quantitative estimate of drug-likeness (QED) is 0.0362. The second kappa shape index (κ2) is 26.0. The number of hydrogen-bond donors (Lipinski definition) is 7. The van der Waals surface area contributed by atoms with E-state index in [2.05, 4.69) is 40.6 Å². The maximum absolute atomic E-state index is 14.7. The smallest absolute Gasteiger partial charge is 0.321 e. The zero-order valence-corrected chi connectivity index (χ0v) is 46.5. The number of imidazole rings is 1. The summed E-state index contributed by atoms with van der Waals surface area (Å²) < 4.78 is 21.9. The van der Waals surface area contributed by atoms with Gasteiger partial charge < -0.3 is 46.1 Å². The minimum absolute atomic E-state index is 0.0285. The first-order chi connectivity index (χ1) is 37.8. The highest BCUT2D eigenvalue weighted by Gasteiger charge is 2.33. The van der Waals surface area contributed by atoms with Gasteiger partial charge in [-0.1, -0.05) is 43.6 Å². The number of morpholine rings is 1. The summed E-state index contributed by atoms with van der Waals surface area (Å²) in [4.78, 5) is 61.0. The second-order valence-corrected chi connectivity index (χ2v) is 21.3. The van der Waals surface area contributed by atoms with Crippen LogP contribution >= 0.6 is 11.6 Å². The highest BCUT2D eigenvalue weighted by atomic mass is 35.5. The predicted molar refractivity (Wildman–Crippen MR) is 302 cm³/mol. The standard InChI is InChI=1S/C57H72ClFN14O6/c1-7-62-55(76)54-68-67-53(45-30-44(34(2)3)48(74)31-49(45)75)73(54)43-12-8-37(9-13-43)32-70-18-14-38(15-19-70)56(77)72-20-16-42(17-21-72)69(6)57(78)63-35(4)26-50(60)66-51(61)28-40(33-71-22-24-79-25-23-71)52-64-36(5)47(65-52)27-39-10-11-41(58)29-46(39)59/h8-13,26,28-31,34,38,42,74-75H,7,14-25,27,32-33H2,1-6H3,(H,62,76)(H,63,78)(H,64,65)(H3,60,61,66)/b35-26-,40-28-. The van der Waals surface area contributed by atoms with Gasteiger partial charge in [-0.2, -0.15) is 0 Å². The fourth-order valence-corrected chi connectivity index (χ4v) is 10.5. The molecule has 0 unspecified atom stereocenters. The number of aryl methyl sites for hydroxylation is 1. The van der Waals surface area contributed by atoms with Crippen LogP contribution in [0.4, 0.5) is 9.18 Å². The van der Waals surface area contributed by atoms with Gasteiger partial charge in [-0.05, 0) is 119 Å². The van der Waals surface area contributed by atoms with E-state index in [9.17, 15) is 29.0 Å². The van der Waals surface area contributed by atoms with Gasteiger partial charge in [0.25, 0.3) is 5.91 Å². The minimum Gasteiger partial charge on any atom is -0.508 e. The van der Waals surface area contributed by atoms with E-state index in [0.29, 0.717) is 116 Å². The summed E-state index contributed by atoms with van der Waals surface area (Å²) >= 11 is 5.98. The molecule has 4 amide bonds. The molecule has 0 atom stereocenters. The predicted octanol–water partition coefficient (Wildman–Crippen LogP) is 7.13. The maximum atomic E-state index is 14.7. The molecule has 0 aliphatic carbocycles. The van der Waals surface area contributed by atoms with E-state index in [1.807, 2.05) is 56.9 Å². The zero-order chi connectivity index (χ0) is 56.5. The van der Waals surface area contributed by atoms with Gasteiger partial charge in [0.2, 0.25) is 11.7 Å². The Hall–Kier alpha value is -7.46. The van der Waals surface area contributed by atoms with E-state index in [1.165, 1.54) is 18.2 Å². The number of aromatic nitrogens is 5. The summed E-state index contributed by atoms with van der Waals surface area (Å²) in [6, 6.07) is 14.9. The molecule has 5 aromatic rings. The maximum Gasteiger partial charge on any atom is 0.321 e.